The molecule has 0 aliphatic carbocycles. The largest absolute Gasteiger partial charge is 0.490 e. The molecule has 0 unspecified atom stereocenters. The average Bonchev–Trinajstić information content (AvgIpc) is 3.25. The van der Waals surface area contributed by atoms with Crippen molar-refractivity contribution in [1.82, 2.24) is 29.5 Å². The van der Waals surface area contributed by atoms with Gasteiger partial charge in [-0.05, 0) is 64.3 Å². The molecule has 202 valence electrons. The first-order chi connectivity index (χ1) is 18.6. The number of aryl methyl sites for hydroxylation is 2. The van der Waals surface area contributed by atoms with Crippen LogP contribution in [0.2, 0.25) is 0 Å². The maximum absolute atomic E-state index is 13.0. The normalized spacial score (nSPS) is 18.0. The van der Waals surface area contributed by atoms with Gasteiger partial charge in [-0.2, -0.15) is 5.10 Å². The molecule has 2 aromatic heterocycles. The monoisotopic (exact) mass is 518 g/mol. The maximum Gasteiger partial charge on any atom is 0.244 e. The van der Waals surface area contributed by atoms with Crippen molar-refractivity contribution in [3.05, 3.63) is 59.8 Å². The molecule has 5 rings (SSSR count). The van der Waals surface area contributed by atoms with Gasteiger partial charge in [-0.15, -0.1) is 0 Å². The number of carbonyl (C=O) groups excluding carboxylic acids is 1. The number of carbonyl (C=O) groups is 1. The van der Waals surface area contributed by atoms with Gasteiger partial charge in [0, 0.05) is 37.4 Å². The molecule has 9 nitrogen and oxygen atoms in total. The minimum absolute atomic E-state index is 0.112. The average molecular weight is 519 g/mol. The van der Waals surface area contributed by atoms with E-state index in [4.69, 9.17) is 9.47 Å². The van der Waals surface area contributed by atoms with Crippen molar-refractivity contribution >= 4 is 5.91 Å². The van der Waals surface area contributed by atoms with E-state index in [1.165, 1.54) is 6.42 Å². The van der Waals surface area contributed by atoms with Gasteiger partial charge in [-0.1, -0.05) is 31.0 Å². The molecule has 9 heteroatoms. The van der Waals surface area contributed by atoms with Crippen molar-refractivity contribution in [2.75, 3.05) is 26.2 Å². The molecule has 1 fully saturated rings. The quantitative estimate of drug-likeness (QED) is 0.504. The summed E-state index contributed by atoms with van der Waals surface area (Å²) in [5, 5.41) is 4.36. The number of piperidine rings is 1. The summed E-state index contributed by atoms with van der Waals surface area (Å²) in [6.45, 7) is 7.97. The molecule has 0 radical (unpaired) electrons. The van der Waals surface area contributed by atoms with E-state index in [9.17, 15) is 4.79 Å². The molecule has 0 atom stereocenters. The van der Waals surface area contributed by atoms with Crippen LogP contribution in [0.25, 0.3) is 0 Å². The molecule has 1 amide bonds. The SMILES string of the molecule is Cc1nc(C)n(CC(=O)N2CCC(N3CCCCCCOc4ccccc4Oc4ncccc4C3)CC2)n1. The van der Waals surface area contributed by atoms with Crippen molar-refractivity contribution in [3.63, 3.8) is 0 Å². The predicted octanol–water partition coefficient (Wildman–Crippen LogP) is 4.53. The van der Waals surface area contributed by atoms with Crippen LogP contribution in [0.4, 0.5) is 0 Å². The fourth-order valence-corrected chi connectivity index (χ4v) is 5.38. The molecule has 38 heavy (non-hydrogen) atoms. The summed E-state index contributed by atoms with van der Waals surface area (Å²) < 4.78 is 14.0. The van der Waals surface area contributed by atoms with E-state index in [1.54, 1.807) is 10.9 Å². The van der Waals surface area contributed by atoms with Gasteiger partial charge in [0.15, 0.2) is 11.5 Å². The van der Waals surface area contributed by atoms with E-state index >= 15 is 0 Å². The molecular weight excluding hydrogens is 480 g/mol. The summed E-state index contributed by atoms with van der Waals surface area (Å²) in [5.74, 6) is 3.66. The van der Waals surface area contributed by atoms with E-state index in [1.807, 2.05) is 49.1 Å². The first-order valence-corrected chi connectivity index (χ1v) is 13.8. The zero-order valence-electron chi connectivity index (χ0n) is 22.5. The highest BCUT2D eigenvalue weighted by Crippen LogP contribution is 2.33. The topological polar surface area (TPSA) is 85.6 Å². The molecule has 4 heterocycles. The second-order valence-electron chi connectivity index (χ2n) is 10.2. The number of hydrogen-bond acceptors (Lipinski definition) is 7. The van der Waals surface area contributed by atoms with Crippen LogP contribution in [0.3, 0.4) is 0 Å². The standard InChI is InChI=1S/C29H38N6O3/c1-22-31-23(2)35(32-22)21-28(36)33-17-13-25(14-18-33)34-16-7-3-4-8-19-37-26-11-5-6-12-27(26)38-29-24(20-34)10-9-15-30-29/h5-6,9-12,15,25H,3-4,7-8,13-14,16-21H2,1-2H3. The van der Waals surface area contributed by atoms with Crippen molar-refractivity contribution in [3.8, 4) is 17.4 Å². The van der Waals surface area contributed by atoms with Gasteiger partial charge in [-0.3, -0.25) is 9.69 Å². The van der Waals surface area contributed by atoms with Crippen LogP contribution in [0.1, 0.15) is 55.7 Å². The number of benzene rings is 1. The van der Waals surface area contributed by atoms with Gasteiger partial charge in [0.25, 0.3) is 0 Å². The lowest BCUT2D eigenvalue weighted by Gasteiger charge is -2.39. The molecule has 2 aliphatic rings. The molecular formula is C29H38N6O3. The predicted molar refractivity (Wildman–Crippen MR) is 144 cm³/mol. The van der Waals surface area contributed by atoms with Gasteiger partial charge in [0.2, 0.25) is 11.8 Å². The number of pyridine rings is 1. The summed E-state index contributed by atoms with van der Waals surface area (Å²) in [7, 11) is 0. The Morgan fingerprint density at radius 3 is 2.55 bits per heavy atom. The lowest BCUT2D eigenvalue weighted by atomic mass is 10.0. The number of likely N-dealkylation sites (tertiary alicyclic amines) is 1. The molecule has 0 N–H and O–H groups in total. The highest BCUT2D eigenvalue weighted by atomic mass is 16.5. The van der Waals surface area contributed by atoms with Crippen molar-refractivity contribution in [1.29, 1.82) is 0 Å². The van der Waals surface area contributed by atoms with Crippen LogP contribution < -0.4 is 9.47 Å². The van der Waals surface area contributed by atoms with Crippen LogP contribution in [0.15, 0.2) is 42.6 Å². The Morgan fingerprint density at radius 1 is 0.974 bits per heavy atom. The van der Waals surface area contributed by atoms with Gasteiger partial charge >= 0.3 is 0 Å². The number of aromatic nitrogens is 4. The Hall–Kier alpha value is -3.46. The zero-order chi connectivity index (χ0) is 26.3. The molecule has 2 aliphatic heterocycles. The maximum atomic E-state index is 13.0. The van der Waals surface area contributed by atoms with Crippen LogP contribution in [0.5, 0.6) is 17.4 Å². The van der Waals surface area contributed by atoms with Crippen molar-refractivity contribution < 1.29 is 14.3 Å². The Kier molecular flexibility index (Phi) is 8.53. The van der Waals surface area contributed by atoms with Gasteiger partial charge in [-0.25, -0.2) is 14.6 Å². The number of rotatable bonds is 3. The lowest BCUT2D eigenvalue weighted by Crippen LogP contribution is -2.47. The molecule has 0 bridgehead atoms. The number of fused-ring (bicyclic) bond motifs is 2. The van der Waals surface area contributed by atoms with E-state index < -0.39 is 0 Å². The van der Waals surface area contributed by atoms with Crippen LogP contribution >= 0.6 is 0 Å². The number of amides is 1. The van der Waals surface area contributed by atoms with E-state index in [0.717, 1.165) is 75.4 Å². The Balaban J connectivity index is 1.28. The summed E-state index contributed by atoms with van der Waals surface area (Å²) in [5.41, 5.74) is 1.06. The van der Waals surface area contributed by atoms with Gasteiger partial charge in [0.1, 0.15) is 18.2 Å². The summed E-state index contributed by atoms with van der Waals surface area (Å²) in [6.07, 6.45) is 8.15. The molecule has 1 aromatic carbocycles. The second kappa shape index (κ2) is 12.4. The van der Waals surface area contributed by atoms with Crippen LogP contribution in [0, 0.1) is 13.8 Å². The van der Waals surface area contributed by atoms with Crippen LogP contribution in [-0.4, -0.2) is 67.7 Å². The highest BCUT2D eigenvalue weighted by molar-refractivity contribution is 5.76. The second-order valence-corrected chi connectivity index (χ2v) is 10.2. The Bertz CT molecular complexity index is 1220. The number of para-hydroxylation sites is 2. The third kappa shape index (κ3) is 6.51. The fourth-order valence-electron chi connectivity index (χ4n) is 5.38. The van der Waals surface area contributed by atoms with Gasteiger partial charge in [0.05, 0.1) is 6.61 Å². The number of ether oxygens (including phenoxy) is 2. The first-order valence-electron chi connectivity index (χ1n) is 13.8. The minimum Gasteiger partial charge on any atom is -0.490 e. The molecule has 1 saturated heterocycles. The van der Waals surface area contributed by atoms with E-state index in [2.05, 4.69) is 26.0 Å². The Labute approximate surface area is 224 Å². The zero-order valence-corrected chi connectivity index (χ0v) is 22.5. The Morgan fingerprint density at radius 2 is 1.76 bits per heavy atom. The minimum atomic E-state index is 0.112. The van der Waals surface area contributed by atoms with E-state index in [0.29, 0.717) is 30.1 Å². The third-order valence-corrected chi connectivity index (χ3v) is 7.46. The third-order valence-electron chi connectivity index (χ3n) is 7.46. The molecule has 3 aromatic rings. The molecule has 0 saturated carbocycles. The summed E-state index contributed by atoms with van der Waals surface area (Å²) in [6, 6.07) is 12.3. The fraction of sp³-hybridized carbons (Fsp3) is 0.517. The van der Waals surface area contributed by atoms with Crippen molar-refractivity contribution in [2.45, 2.75) is 71.5 Å². The van der Waals surface area contributed by atoms with Crippen molar-refractivity contribution in [2.24, 2.45) is 0 Å². The smallest absolute Gasteiger partial charge is 0.244 e. The summed E-state index contributed by atoms with van der Waals surface area (Å²) >= 11 is 0. The van der Waals surface area contributed by atoms with Gasteiger partial charge < -0.3 is 14.4 Å². The lowest BCUT2D eigenvalue weighted by molar-refractivity contribution is -0.133. The van der Waals surface area contributed by atoms with E-state index in [-0.39, 0.29) is 12.5 Å². The highest BCUT2D eigenvalue weighted by Gasteiger charge is 2.28. The van der Waals surface area contributed by atoms with Crippen LogP contribution in [-0.2, 0) is 17.9 Å². The number of nitrogens with zero attached hydrogens (tertiary/aromatic N) is 6. The number of hydrogen-bond donors (Lipinski definition) is 0. The summed E-state index contributed by atoms with van der Waals surface area (Å²) in [4.78, 5) is 26.4. The first kappa shape index (κ1) is 26.2. The molecule has 0 spiro atoms.